The molecule has 0 amide bonds. The van der Waals surface area contributed by atoms with Crippen LogP contribution in [0.15, 0.2) is 47.9 Å². The van der Waals surface area contributed by atoms with E-state index in [1.165, 1.54) is 10.6 Å². The Morgan fingerprint density at radius 2 is 2.06 bits per heavy atom. The zero-order chi connectivity index (χ0) is 12.6. The summed E-state index contributed by atoms with van der Waals surface area (Å²) in [6, 6.07) is 10.3. The molecule has 0 saturated heterocycles. The first-order valence-electron chi connectivity index (χ1n) is 6.19. The van der Waals surface area contributed by atoms with Crippen LogP contribution in [0, 0.1) is 0 Å². The van der Waals surface area contributed by atoms with E-state index in [0.29, 0.717) is 0 Å². The predicted octanol–water partition coefficient (Wildman–Crippen LogP) is 3.52. The molecule has 0 atom stereocenters. The van der Waals surface area contributed by atoms with Gasteiger partial charge in [-0.3, -0.25) is 0 Å². The summed E-state index contributed by atoms with van der Waals surface area (Å²) in [5.74, 6) is 0. The molecule has 2 nitrogen and oxygen atoms in total. The molecular weight excluding hydrogens is 240 g/mol. The van der Waals surface area contributed by atoms with Crippen molar-refractivity contribution in [3.05, 3.63) is 52.9 Å². The summed E-state index contributed by atoms with van der Waals surface area (Å²) in [7, 11) is 1.97. The van der Waals surface area contributed by atoms with E-state index >= 15 is 0 Å². The van der Waals surface area contributed by atoms with Gasteiger partial charge in [-0.25, -0.2) is 4.98 Å². The summed E-state index contributed by atoms with van der Waals surface area (Å²) in [6.45, 7) is 1.03. The highest BCUT2D eigenvalue weighted by atomic mass is 32.1. The normalized spacial score (nSPS) is 11.2. The molecule has 2 aromatic rings. The molecule has 3 heteroatoms. The van der Waals surface area contributed by atoms with Crippen LogP contribution in [-0.4, -0.2) is 18.6 Å². The van der Waals surface area contributed by atoms with Gasteiger partial charge < -0.3 is 5.32 Å². The molecular formula is C15H18N2S. The third kappa shape index (κ3) is 3.79. The van der Waals surface area contributed by atoms with Gasteiger partial charge in [0.25, 0.3) is 0 Å². The molecule has 1 aromatic heterocycles. The summed E-state index contributed by atoms with van der Waals surface area (Å²) in [4.78, 5) is 4.65. The number of hydrogen-bond donors (Lipinski definition) is 1. The quantitative estimate of drug-likeness (QED) is 0.633. The largest absolute Gasteiger partial charge is 0.319 e. The first kappa shape index (κ1) is 13.0. The van der Waals surface area contributed by atoms with E-state index in [2.05, 4.69) is 40.0 Å². The fourth-order valence-electron chi connectivity index (χ4n) is 1.68. The summed E-state index contributed by atoms with van der Waals surface area (Å²) in [5.41, 5.74) is 2.28. The van der Waals surface area contributed by atoms with Crippen LogP contribution in [0.25, 0.3) is 11.3 Å². The van der Waals surface area contributed by atoms with Crippen LogP contribution < -0.4 is 5.32 Å². The topological polar surface area (TPSA) is 24.9 Å². The van der Waals surface area contributed by atoms with Gasteiger partial charge in [0, 0.05) is 17.4 Å². The predicted molar refractivity (Wildman–Crippen MR) is 78.9 cm³/mol. The number of allylic oxidation sites excluding steroid dienone is 1. The zero-order valence-corrected chi connectivity index (χ0v) is 11.4. The monoisotopic (exact) mass is 258 g/mol. The van der Waals surface area contributed by atoms with Gasteiger partial charge in [-0.1, -0.05) is 42.5 Å². The van der Waals surface area contributed by atoms with Crippen molar-refractivity contribution in [1.82, 2.24) is 10.3 Å². The van der Waals surface area contributed by atoms with E-state index < -0.39 is 0 Å². The highest BCUT2D eigenvalue weighted by molar-refractivity contribution is 7.10. The second-order valence-corrected chi connectivity index (χ2v) is 5.00. The van der Waals surface area contributed by atoms with Crippen molar-refractivity contribution < 1.29 is 0 Å². The SMILES string of the molecule is CNCCC=CCc1nc(-c2ccccc2)cs1. The smallest absolute Gasteiger partial charge is 0.0970 e. The molecule has 0 radical (unpaired) electrons. The maximum Gasteiger partial charge on any atom is 0.0970 e. The van der Waals surface area contributed by atoms with Gasteiger partial charge in [-0.05, 0) is 20.0 Å². The molecule has 0 saturated carbocycles. The Labute approximate surface area is 112 Å². The molecule has 0 bridgehead atoms. The summed E-state index contributed by atoms with van der Waals surface area (Å²) in [6.07, 6.45) is 6.42. The van der Waals surface area contributed by atoms with Crippen LogP contribution >= 0.6 is 11.3 Å². The number of rotatable bonds is 6. The van der Waals surface area contributed by atoms with Crippen molar-refractivity contribution in [2.24, 2.45) is 0 Å². The maximum atomic E-state index is 4.65. The van der Waals surface area contributed by atoms with E-state index in [4.69, 9.17) is 0 Å². The molecule has 1 N–H and O–H groups in total. The summed E-state index contributed by atoms with van der Waals surface area (Å²) < 4.78 is 0. The van der Waals surface area contributed by atoms with Crippen LogP contribution in [0.2, 0.25) is 0 Å². The van der Waals surface area contributed by atoms with Gasteiger partial charge in [-0.2, -0.15) is 0 Å². The van der Waals surface area contributed by atoms with E-state index in [-0.39, 0.29) is 0 Å². The van der Waals surface area contributed by atoms with Crippen molar-refractivity contribution in [1.29, 1.82) is 0 Å². The Hall–Kier alpha value is -1.45. The highest BCUT2D eigenvalue weighted by Crippen LogP contribution is 2.21. The zero-order valence-electron chi connectivity index (χ0n) is 10.6. The van der Waals surface area contributed by atoms with E-state index in [1.54, 1.807) is 11.3 Å². The van der Waals surface area contributed by atoms with Gasteiger partial charge in [-0.15, -0.1) is 11.3 Å². The molecule has 94 valence electrons. The van der Waals surface area contributed by atoms with E-state index in [0.717, 1.165) is 25.1 Å². The Bertz CT molecular complexity index is 488. The summed E-state index contributed by atoms with van der Waals surface area (Å²) >= 11 is 1.73. The molecule has 0 aliphatic heterocycles. The van der Waals surface area contributed by atoms with Crippen molar-refractivity contribution in [2.45, 2.75) is 12.8 Å². The third-order valence-electron chi connectivity index (χ3n) is 2.64. The average Bonchev–Trinajstić information content (AvgIpc) is 2.88. The van der Waals surface area contributed by atoms with Crippen LogP contribution in [0.3, 0.4) is 0 Å². The Kier molecular flexibility index (Phi) is 5.12. The van der Waals surface area contributed by atoms with Crippen LogP contribution in [0.5, 0.6) is 0 Å². The molecule has 1 heterocycles. The lowest BCUT2D eigenvalue weighted by Crippen LogP contribution is -2.05. The lowest BCUT2D eigenvalue weighted by molar-refractivity contribution is 0.806. The van der Waals surface area contributed by atoms with Crippen molar-refractivity contribution in [3.8, 4) is 11.3 Å². The second-order valence-electron chi connectivity index (χ2n) is 4.06. The number of nitrogens with one attached hydrogen (secondary N) is 1. The number of nitrogens with zero attached hydrogens (tertiary/aromatic N) is 1. The number of benzene rings is 1. The van der Waals surface area contributed by atoms with Crippen LogP contribution in [-0.2, 0) is 6.42 Å². The minimum Gasteiger partial charge on any atom is -0.319 e. The standard InChI is InChI=1S/C15H18N2S/c1-16-11-7-3-6-10-15-17-14(12-18-15)13-8-4-2-5-9-13/h2-6,8-9,12,16H,7,10-11H2,1H3. The average molecular weight is 258 g/mol. The lowest BCUT2D eigenvalue weighted by atomic mass is 10.2. The van der Waals surface area contributed by atoms with Crippen LogP contribution in [0.4, 0.5) is 0 Å². The number of hydrogen-bond acceptors (Lipinski definition) is 3. The minimum atomic E-state index is 0.932. The fraction of sp³-hybridized carbons (Fsp3) is 0.267. The first-order valence-corrected chi connectivity index (χ1v) is 7.07. The molecule has 0 aliphatic rings. The Morgan fingerprint density at radius 1 is 1.22 bits per heavy atom. The number of thiazole rings is 1. The first-order chi connectivity index (χ1) is 8.90. The molecule has 0 aliphatic carbocycles. The molecule has 0 fully saturated rings. The molecule has 0 unspecified atom stereocenters. The van der Waals surface area contributed by atoms with Crippen molar-refractivity contribution in [2.75, 3.05) is 13.6 Å². The Balaban J connectivity index is 1.93. The van der Waals surface area contributed by atoms with Crippen LogP contribution in [0.1, 0.15) is 11.4 Å². The second kappa shape index (κ2) is 7.09. The van der Waals surface area contributed by atoms with E-state index in [9.17, 15) is 0 Å². The molecule has 0 spiro atoms. The van der Waals surface area contributed by atoms with Gasteiger partial charge in [0.15, 0.2) is 0 Å². The molecule has 18 heavy (non-hydrogen) atoms. The molecule has 2 rings (SSSR count). The van der Waals surface area contributed by atoms with Gasteiger partial charge in [0.05, 0.1) is 10.7 Å². The Morgan fingerprint density at radius 3 is 2.83 bits per heavy atom. The maximum absolute atomic E-state index is 4.65. The van der Waals surface area contributed by atoms with Gasteiger partial charge in [0.1, 0.15) is 0 Å². The lowest BCUT2D eigenvalue weighted by Gasteiger charge is -1.94. The van der Waals surface area contributed by atoms with Crippen molar-refractivity contribution in [3.63, 3.8) is 0 Å². The minimum absolute atomic E-state index is 0.932. The summed E-state index contributed by atoms with van der Waals surface area (Å²) in [5, 5.41) is 6.43. The van der Waals surface area contributed by atoms with Crippen molar-refractivity contribution >= 4 is 11.3 Å². The van der Waals surface area contributed by atoms with Gasteiger partial charge in [0.2, 0.25) is 0 Å². The molecule has 1 aromatic carbocycles. The fourth-order valence-corrected chi connectivity index (χ4v) is 2.46. The number of aromatic nitrogens is 1. The third-order valence-corrected chi connectivity index (χ3v) is 3.51. The van der Waals surface area contributed by atoms with E-state index in [1.807, 2.05) is 25.2 Å². The van der Waals surface area contributed by atoms with Gasteiger partial charge >= 0.3 is 0 Å². The highest BCUT2D eigenvalue weighted by Gasteiger charge is 2.02.